The van der Waals surface area contributed by atoms with Crippen LogP contribution in [0.25, 0.3) is 0 Å². The lowest BCUT2D eigenvalue weighted by molar-refractivity contribution is 0.352. The number of aryl methyl sites for hydroxylation is 1. The van der Waals surface area contributed by atoms with Gasteiger partial charge >= 0.3 is 0 Å². The van der Waals surface area contributed by atoms with Crippen molar-refractivity contribution in [3.05, 3.63) is 23.3 Å². The quantitative estimate of drug-likeness (QED) is 0.842. The Morgan fingerprint density at radius 3 is 2.22 bits per heavy atom. The van der Waals surface area contributed by atoms with Gasteiger partial charge in [0, 0.05) is 6.04 Å². The zero-order valence-corrected chi connectivity index (χ0v) is 12.1. The Hall–Kier alpha value is -1.22. The Labute approximate surface area is 110 Å². The van der Waals surface area contributed by atoms with Crippen LogP contribution >= 0.6 is 0 Å². The summed E-state index contributed by atoms with van der Waals surface area (Å²) in [4.78, 5) is 0. The molecule has 3 nitrogen and oxygen atoms in total. The highest BCUT2D eigenvalue weighted by Gasteiger charge is 2.18. The molecule has 3 heteroatoms. The van der Waals surface area contributed by atoms with Gasteiger partial charge in [-0.25, -0.2) is 0 Å². The van der Waals surface area contributed by atoms with E-state index in [1.54, 1.807) is 14.2 Å². The largest absolute Gasteiger partial charge is 0.493 e. The van der Waals surface area contributed by atoms with Crippen LogP contribution in [-0.4, -0.2) is 14.2 Å². The van der Waals surface area contributed by atoms with Crippen molar-refractivity contribution in [3.63, 3.8) is 0 Å². The van der Waals surface area contributed by atoms with E-state index in [1.807, 2.05) is 12.1 Å². The second-order valence-electron chi connectivity index (χ2n) is 4.86. The number of hydrogen-bond acceptors (Lipinski definition) is 3. The molecule has 102 valence electrons. The number of rotatable bonds is 6. The third kappa shape index (κ3) is 3.16. The summed E-state index contributed by atoms with van der Waals surface area (Å²) in [6, 6.07) is 4.04. The minimum Gasteiger partial charge on any atom is -0.493 e. The van der Waals surface area contributed by atoms with Gasteiger partial charge < -0.3 is 15.2 Å². The van der Waals surface area contributed by atoms with Crippen LogP contribution < -0.4 is 15.2 Å². The van der Waals surface area contributed by atoms with E-state index >= 15 is 0 Å². The SMILES string of the molecule is CCCC(C)C(N)c1cc(OC)c(OC)cc1C. The van der Waals surface area contributed by atoms with Crippen molar-refractivity contribution in [2.45, 2.75) is 39.7 Å². The fourth-order valence-electron chi connectivity index (χ4n) is 2.30. The van der Waals surface area contributed by atoms with Gasteiger partial charge in [0.15, 0.2) is 11.5 Å². The van der Waals surface area contributed by atoms with E-state index in [1.165, 1.54) is 0 Å². The average Bonchev–Trinajstić information content (AvgIpc) is 2.37. The van der Waals surface area contributed by atoms with Crippen LogP contribution in [0, 0.1) is 12.8 Å². The molecular formula is C15H25NO2. The summed E-state index contributed by atoms with van der Waals surface area (Å²) in [5, 5.41) is 0. The molecule has 0 aliphatic heterocycles. The maximum Gasteiger partial charge on any atom is 0.161 e. The standard InChI is InChI=1S/C15H25NO2/c1-6-7-10(2)15(16)12-9-14(18-5)13(17-4)8-11(12)3/h8-10,15H,6-7,16H2,1-5H3. The van der Waals surface area contributed by atoms with Gasteiger partial charge in [-0.3, -0.25) is 0 Å². The van der Waals surface area contributed by atoms with E-state index in [-0.39, 0.29) is 6.04 Å². The lowest BCUT2D eigenvalue weighted by atomic mass is 9.89. The van der Waals surface area contributed by atoms with E-state index in [9.17, 15) is 0 Å². The molecule has 0 saturated heterocycles. The van der Waals surface area contributed by atoms with Crippen molar-refractivity contribution in [3.8, 4) is 11.5 Å². The van der Waals surface area contributed by atoms with Crippen LogP contribution in [0.4, 0.5) is 0 Å². The van der Waals surface area contributed by atoms with Crippen LogP contribution in [0.15, 0.2) is 12.1 Å². The highest BCUT2D eigenvalue weighted by atomic mass is 16.5. The van der Waals surface area contributed by atoms with Crippen molar-refractivity contribution >= 4 is 0 Å². The number of benzene rings is 1. The molecule has 0 aliphatic rings. The molecule has 0 heterocycles. The topological polar surface area (TPSA) is 44.5 Å². The van der Waals surface area contributed by atoms with Crippen LogP contribution in [0.5, 0.6) is 11.5 Å². The Bertz CT molecular complexity index is 390. The van der Waals surface area contributed by atoms with Gasteiger partial charge in [0.2, 0.25) is 0 Å². The van der Waals surface area contributed by atoms with Crippen LogP contribution in [0.1, 0.15) is 43.9 Å². The molecule has 1 rings (SSSR count). The van der Waals surface area contributed by atoms with E-state index in [0.29, 0.717) is 5.92 Å². The summed E-state index contributed by atoms with van der Waals surface area (Å²) < 4.78 is 10.6. The summed E-state index contributed by atoms with van der Waals surface area (Å²) in [5.74, 6) is 1.97. The third-order valence-corrected chi connectivity index (χ3v) is 3.49. The molecule has 0 radical (unpaired) electrons. The molecule has 1 aromatic rings. The molecule has 2 N–H and O–H groups in total. The minimum atomic E-state index is 0.0461. The Morgan fingerprint density at radius 1 is 1.17 bits per heavy atom. The Balaban J connectivity index is 3.08. The highest BCUT2D eigenvalue weighted by Crippen LogP contribution is 2.35. The predicted octanol–water partition coefficient (Wildman–Crippen LogP) is 3.45. The van der Waals surface area contributed by atoms with E-state index < -0.39 is 0 Å². The summed E-state index contributed by atoms with van der Waals surface area (Å²) in [6.45, 7) is 6.45. The van der Waals surface area contributed by atoms with Gasteiger partial charge in [0.1, 0.15) is 0 Å². The maximum absolute atomic E-state index is 6.34. The molecular weight excluding hydrogens is 226 g/mol. The normalized spacial score (nSPS) is 14.1. The molecule has 0 spiro atoms. The number of nitrogens with two attached hydrogens (primary N) is 1. The van der Waals surface area contributed by atoms with Crippen LogP contribution in [0.3, 0.4) is 0 Å². The first-order chi connectivity index (χ1) is 8.54. The van der Waals surface area contributed by atoms with Crippen LogP contribution in [-0.2, 0) is 0 Å². The fraction of sp³-hybridized carbons (Fsp3) is 0.600. The van der Waals surface area contributed by atoms with Crippen molar-refractivity contribution < 1.29 is 9.47 Å². The third-order valence-electron chi connectivity index (χ3n) is 3.49. The smallest absolute Gasteiger partial charge is 0.161 e. The maximum atomic E-state index is 6.34. The van der Waals surface area contributed by atoms with Gasteiger partial charge in [0.25, 0.3) is 0 Å². The first-order valence-electron chi connectivity index (χ1n) is 6.53. The summed E-state index contributed by atoms with van der Waals surface area (Å²) in [5.41, 5.74) is 8.65. The number of methoxy groups -OCH3 is 2. The monoisotopic (exact) mass is 251 g/mol. The van der Waals surface area contributed by atoms with Crippen molar-refractivity contribution in [2.75, 3.05) is 14.2 Å². The zero-order chi connectivity index (χ0) is 13.7. The summed E-state index contributed by atoms with van der Waals surface area (Å²) in [6.07, 6.45) is 2.29. The fourth-order valence-corrected chi connectivity index (χ4v) is 2.30. The zero-order valence-electron chi connectivity index (χ0n) is 12.1. The average molecular weight is 251 g/mol. The molecule has 0 bridgehead atoms. The van der Waals surface area contributed by atoms with Crippen molar-refractivity contribution in [2.24, 2.45) is 11.7 Å². The van der Waals surface area contributed by atoms with E-state index in [0.717, 1.165) is 35.5 Å². The van der Waals surface area contributed by atoms with Crippen LogP contribution in [0.2, 0.25) is 0 Å². The van der Waals surface area contributed by atoms with Crippen molar-refractivity contribution in [1.82, 2.24) is 0 Å². The van der Waals surface area contributed by atoms with Gasteiger partial charge in [0.05, 0.1) is 14.2 Å². The number of ether oxygens (including phenoxy) is 2. The second kappa shape index (κ2) is 6.64. The van der Waals surface area contributed by atoms with Gasteiger partial charge in [-0.05, 0) is 42.5 Å². The molecule has 1 aromatic carbocycles. The molecule has 2 atom stereocenters. The number of hydrogen-bond donors (Lipinski definition) is 1. The van der Waals surface area contributed by atoms with E-state index in [2.05, 4.69) is 20.8 Å². The Morgan fingerprint density at radius 2 is 1.72 bits per heavy atom. The molecule has 0 amide bonds. The highest BCUT2D eigenvalue weighted by molar-refractivity contribution is 5.48. The second-order valence-corrected chi connectivity index (χ2v) is 4.86. The van der Waals surface area contributed by atoms with Gasteiger partial charge in [-0.15, -0.1) is 0 Å². The van der Waals surface area contributed by atoms with Gasteiger partial charge in [-0.1, -0.05) is 20.3 Å². The first kappa shape index (κ1) is 14.8. The molecule has 0 aliphatic carbocycles. The molecule has 2 unspecified atom stereocenters. The minimum absolute atomic E-state index is 0.0461. The summed E-state index contributed by atoms with van der Waals surface area (Å²) in [7, 11) is 3.30. The summed E-state index contributed by atoms with van der Waals surface area (Å²) >= 11 is 0. The first-order valence-corrected chi connectivity index (χ1v) is 6.53. The Kier molecular flexibility index (Phi) is 5.48. The lowest BCUT2D eigenvalue weighted by Crippen LogP contribution is -2.20. The van der Waals surface area contributed by atoms with E-state index in [4.69, 9.17) is 15.2 Å². The molecule has 0 saturated carbocycles. The van der Waals surface area contributed by atoms with Gasteiger partial charge in [-0.2, -0.15) is 0 Å². The lowest BCUT2D eigenvalue weighted by Gasteiger charge is -2.23. The molecule has 0 aromatic heterocycles. The molecule has 18 heavy (non-hydrogen) atoms. The predicted molar refractivity (Wildman–Crippen MR) is 75.3 cm³/mol. The molecule has 0 fully saturated rings. The van der Waals surface area contributed by atoms with Crippen molar-refractivity contribution in [1.29, 1.82) is 0 Å².